The number of methoxy groups -OCH3 is 2. The molecule has 1 aliphatic heterocycles. The van der Waals surface area contributed by atoms with E-state index in [9.17, 15) is 44.1 Å². The lowest BCUT2D eigenvalue weighted by atomic mass is 9.80. The summed E-state index contributed by atoms with van der Waals surface area (Å²) in [5.74, 6) is -1.05. The topological polar surface area (TPSA) is 414 Å². The van der Waals surface area contributed by atoms with E-state index < -0.39 is 120 Å². The van der Waals surface area contributed by atoms with Crippen LogP contribution in [0.4, 0.5) is 21.4 Å². The number of anilines is 2. The summed E-state index contributed by atoms with van der Waals surface area (Å²) in [6, 6.07) is 67.9. The van der Waals surface area contributed by atoms with Crippen LogP contribution in [0.2, 0.25) is 0 Å². The lowest BCUT2D eigenvalue weighted by Crippen LogP contribution is -2.40. The van der Waals surface area contributed by atoms with Crippen LogP contribution in [0.1, 0.15) is 146 Å². The number of alkyl carbamates (subject to hydrolysis) is 1. The van der Waals surface area contributed by atoms with Crippen LogP contribution >= 0.6 is 16.3 Å². The standard InChI is InChI=1S/C98H106N14O20P2/c1-63(2)112(64(3)4)133(127-53-21-48-99)131-83-55-89(111-52-47-86(105-95(111)117)104-87(113)33-20-51-109(6)97(119)124-58-82-79-31-18-14-27-75(79)76-28-15-19-32-80(76)82)130-85(83)60-129-134(120,128-54-22-49-100)132-65(5)84(59-126-98(68-23-10-9-11-24-68,69-38-42-71(121-7)43-39-69)70-40-44-72(122-8)45-41-70)125-62-110-61-103-90-91(110)107-94(108-93(90)116)106-88(114)46-50-101-92(115)67-36-34-66(35-37-67)56-102-96(118)123-57-81-77-29-16-12-25-73(77)74-26-13-17-30-78(74)81/h9-19,23-32,34-45,47,52,61,63-65,81-85,89H,20-22,33,46,50-51,53-60,62H2,1-8H3,(H,101,115)(H,102,118)(H,104,105,113,117)(H2,106,107,108,114,116)/t65?,83?,84-,85-,89?,133?,134?/m1/s1. The predicted molar refractivity (Wildman–Crippen MR) is 498 cm³/mol. The number of aromatic nitrogens is 6. The monoisotopic (exact) mass is 1860 g/mol. The van der Waals surface area contributed by atoms with Crippen molar-refractivity contribution in [2.45, 2.75) is 147 Å². The van der Waals surface area contributed by atoms with Gasteiger partial charge in [0.05, 0.1) is 84.2 Å². The van der Waals surface area contributed by atoms with Crippen LogP contribution in [0.15, 0.2) is 228 Å². The number of fused-ring (bicyclic) bond motifs is 7. The number of phosphoric acid groups is 1. The number of imidazole rings is 1. The minimum atomic E-state index is -5.00. The third-order valence-corrected chi connectivity index (χ3v) is 26.8. The van der Waals surface area contributed by atoms with Crippen molar-refractivity contribution in [3.63, 3.8) is 0 Å². The van der Waals surface area contributed by atoms with E-state index in [4.69, 9.17) is 55.8 Å². The summed E-state index contributed by atoms with van der Waals surface area (Å²) in [7, 11) is -2.32. The summed E-state index contributed by atoms with van der Waals surface area (Å²) in [5, 5.41) is 30.4. The van der Waals surface area contributed by atoms with Crippen molar-refractivity contribution < 1.29 is 84.3 Å². The van der Waals surface area contributed by atoms with Crippen LogP contribution < -0.4 is 42.0 Å². The molecule has 2 aliphatic carbocycles. The average molecular weight is 1860 g/mol. The van der Waals surface area contributed by atoms with Gasteiger partial charge in [-0.1, -0.05) is 164 Å². The molecule has 0 radical (unpaired) electrons. The van der Waals surface area contributed by atoms with Crippen LogP contribution in [0.5, 0.6) is 11.5 Å². The molecular formula is C98H106N14O20P2. The number of nitriles is 2. The number of rotatable bonds is 45. The molecule has 5 unspecified atom stereocenters. The first-order valence-electron chi connectivity index (χ1n) is 44.1. The summed E-state index contributed by atoms with van der Waals surface area (Å²) >= 11 is 0. The van der Waals surface area contributed by atoms with E-state index >= 15 is 4.57 Å². The third-order valence-electron chi connectivity index (χ3n) is 23.1. The van der Waals surface area contributed by atoms with Crippen molar-refractivity contribution in [3.8, 4) is 45.9 Å². The minimum Gasteiger partial charge on any atom is -0.497 e. The lowest BCUT2D eigenvalue weighted by Gasteiger charge is -2.38. The Kier molecular flexibility index (Phi) is 32.9. The van der Waals surface area contributed by atoms with E-state index in [2.05, 4.69) is 71.5 Å². The number of hydrogen-bond donors (Lipinski definition) is 5. The van der Waals surface area contributed by atoms with E-state index in [1.54, 1.807) is 69.8 Å². The first-order valence-corrected chi connectivity index (χ1v) is 46.7. The number of ether oxygens (including phenoxy) is 7. The lowest BCUT2D eigenvalue weighted by molar-refractivity contribution is -0.120. The normalized spacial score (nSPS) is 15.6. The maximum absolute atomic E-state index is 15.9. The van der Waals surface area contributed by atoms with E-state index in [0.717, 1.165) is 44.5 Å². The van der Waals surface area contributed by atoms with Gasteiger partial charge >= 0.3 is 25.7 Å². The fourth-order valence-corrected chi connectivity index (χ4v) is 19.7. The first kappa shape index (κ1) is 96.9. The molecule has 11 aromatic rings. The smallest absolute Gasteiger partial charge is 0.475 e. The summed E-state index contributed by atoms with van der Waals surface area (Å²) in [6.07, 6.45) is -4.93. The summed E-state index contributed by atoms with van der Waals surface area (Å²) in [6.45, 7) is 7.85. The highest BCUT2D eigenvalue weighted by Gasteiger charge is 2.46. The molecule has 14 rings (SSSR count). The van der Waals surface area contributed by atoms with Gasteiger partial charge in [0, 0.05) is 81.6 Å². The van der Waals surface area contributed by atoms with Gasteiger partial charge in [-0.05, 0) is 150 Å². The van der Waals surface area contributed by atoms with E-state index in [1.165, 1.54) is 39.5 Å². The number of H-pyrrole nitrogens is 1. The van der Waals surface area contributed by atoms with Crippen LogP contribution in [0, 0.1) is 22.7 Å². The van der Waals surface area contributed by atoms with Gasteiger partial charge in [0.2, 0.25) is 17.8 Å². The fraction of sp³-hybridized carbons (Fsp3) is 0.347. The molecule has 5 amide bonds. The molecule has 3 aliphatic rings. The molecule has 3 aromatic heterocycles. The van der Waals surface area contributed by atoms with Gasteiger partial charge in [-0.3, -0.25) is 52.2 Å². The molecule has 698 valence electrons. The molecule has 1 saturated heterocycles. The van der Waals surface area contributed by atoms with Gasteiger partial charge in [0.15, 0.2) is 11.2 Å². The highest BCUT2D eigenvalue weighted by atomic mass is 31.2. The van der Waals surface area contributed by atoms with E-state index in [1.807, 2.05) is 166 Å². The Balaban J connectivity index is 0.668. The minimum absolute atomic E-state index is 0.0118. The number of hydrogen-bond acceptors (Lipinski definition) is 26. The van der Waals surface area contributed by atoms with Crippen LogP contribution in [-0.2, 0) is 79.3 Å². The van der Waals surface area contributed by atoms with Crippen molar-refractivity contribution in [2.75, 3.05) is 84.6 Å². The van der Waals surface area contributed by atoms with E-state index in [0.29, 0.717) is 39.3 Å². The largest absolute Gasteiger partial charge is 0.497 e. The van der Waals surface area contributed by atoms with Gasteiger partial charge in [0.1, 0.15) is 61.3 Å². The molecule has 7 atom stereocenters. The molecule has 134 heavy (non-hydrogen) atoms. The molecule has 1 fully saturated rings. The third kappa shape index (κ3) is 23.5. The Morgan fingerprint density at radius 3 is 1.81 bits per heavy atom. The molecule has 4 heterocycles. The average Bonchev–Trinajstić information content (AvgIpc) is 1.19. The molecule has 8 aromatic carbocycles. The number of benzene rings is 8. The fourth-order valence-electron chi connectivity index (χ4n) is 16.5. The highest BCUT2D eigenvalue weighted by molar-refractivity contribution is 7.48. The highest BCUT2D eigenvalue weighted by Crippen LogP contribution is 2.55. The number of amides is 5. The molecule has 0 saturated carbocycles. The Hall–Kier alpha value is -13.2. The first-order chi connectivity index (χ1) is 64.9. The van der Waals surface area contributed by atoms with Gasteiger partial charge in [-0.15, -0.1) is 0 Å². The SMILES string of the molecule is COc1ccc(C(OC[C@@H](OCn2cnc3c(=O)[nH]c(NC(=O)CCNC(=O)c4ccc(CNC(=O)OCC5c6ccccc6-c6ccccc65)cc4)nc32)C(C)OP(=O)(OCCC#N)OC[C@H]2OC(n3ccc(NC(=O)CCCN(C)C(=O)OCC4c5ccccc5-c5ccccc54)nc3=O)CC2OP(OCCC#N)N(C(C)C)C(C)C)(c2ccccc2)c2ccc(OC)cc2)cc1. The molecular weight excluding hydrogens is 1760 g/mol. The zero-order valence-corrected chi connectivity index (χ0v) is 77.2. The Bertz CT molecular complexity index is 6050. The van der Waals surface area contributed by atoms with Crippen molar-refractivity contribution in [1.29, 1.82) is 10.5 Å². The van der Waals surface area contributed by atoms with Crippen molar-refractivity contribution in [3.05, 3.63) is 290 Å². The predicted octanol–water partition coefficient (Wildman–Crippen LogP) is 15.6. The Morgan fingerprint density at radius 2 is 1.22 bits per heavy atom. The van der Waals surface area contributed by atoms with E-state index in [-0.39, 0.29) is 125 Å². The number of nitrogens with zero attached hydrogens (tertiary/aromatic N) is 9. The van der Waals surface area contributed by atoms with Crippen LogP contribution in [-0.4, -0.2) is 179 Å². The van der Waals surface area contributed by atoms with Gasteiger partial charge in [-0.2, -0.15) is 20.5 Å². The van der Waals surface area contributed by atoms with Gasteiger partial charge in [0.25, 0.3) is 20.0 Å². The Morgan fingerprint density at radius 1 is 0.657 bits per heavy atom. The van der Waals surface area contributed by atoms with Crippen molar-refractivity contribution >= 4 is 69.2 Å². The molecule has 5 N–H and O–H groups in total. The number of carbonyl (C=O) groups is 5. The number of carbonyl (C=O) groups excluding carboxylic acids is 5. The number of nitrogens with one attached hydrogen (secondary N) is 5. The second kappa shape index (κ2) is 45.5. The zero-order valence-electron chi connectivity index (χ0n) is 75.4. The summed E-state index contributed by atoms with van der Waals surface area (Å²) in [5.41, 5.74) is 8.42. The van der Waals surface area contributed by atoms with Crippen LogP contribution in [0.3, 0.4) is 0 Å². The number of phosphoric ester groups is 1. The maximum Gasteiger partial charge on any atom is 0.475 e. The van der Waals surface area contributed by atoms with Crippen LogP contribution in [0.25, 0.3) is 33.4 Å². The zero-order chi connectivity index (χ0) is 94.4. The number of aromatic amines is 1. The summed E-state index contributed by atoms with van der Waals surface area (Å²) in [4.78, 5) is 112. The quantitative estimate of drug-likeness (QED) is 0.0134. The summed E-state index contributed by atoms with van der Waals surface area (Å²) < 4.78 is 96.5. The Labute approximate surface area is 776 Å². The molecule has 0 bridgehead atoms. The molecule has 0 spiro atoms. The van der Waals surface area contributed by atoms with Gasteiger partial charge < -0.3 is 63.1 Å². The van der Waals surface area contributed by atoms with Crippen molar-refractivity contribution in [1.82, 2.24) is 49.3 Å². The van der Waals surface area contributed by atoms with Crippen molar-refractivity contribution in [2.24, 2.45) is 0 Å². The molecule has 36 heteroatoms. The second-order valence-corrected chi connectivity index (χ2v) is 35.6. The maximum atomic E-state index is 15.9. The molecule has 34 nitrogen and oxygen atoms in total. The second-order valence-electron chi connectivity index (χ2n) is 32.6. The van der Waals surface area contributed by atoms with Gasteiger partial charge in [-0.25, -0.2) is 28.6 Å².